The topological polar surface area (TPSA) is 45.6 Å². The average Bonchev–Trinajstić information content (AvgIpc) is 2.44. The normalized spacial score (nSPS) is 11.5. The smallest absolute Gasteiger partial charge is 0.190 e. The van der Waals surface area contributed by atoms with Gasteiger partial charge in [-0.15, -0.1) is 0 Å². The molecule has 1 aromatic carbocycles. The number of hydrogen-bond donors (Lipinski definition) is 2. The van der Waals surface area contributed by atoms with Gasteiger partial charge >= 0.3 is 0 Å². The van der Waals surface area contributed by atoms with E-state index in [1.54, 1.807) is 7.05 Å². The summed E-state index contributed by atoms with van der Waals surface area (Å²) in [6, 6.07) is 3.54. The van der Waals surface area contributed by atoms with Crippen LogP contribution in [0.3, 0.4) is 0 Å². The van der Waals surface area contributed by atoms with Gasteiger partial charge in [-0.05, 0) is 37.5 Å². The van der Waals surface area contributed by atoms with Crippen molar-refractivity contribution < 1.29 is 13.5 Å². The fraction of sp³-hybridized carbons (Fsp3) is 0.533. The summed E-state index contributed by atoms with van der Waals surface area (Å²) in [6.07, 6.45) is 1.41. The molecule has 0 aliphatic rings. The summed E-state index contributed by atoms with van der Waals surface area (Å²) in [6.45, 7) is 4.70. The van der Waals surface area contributed by atoms with Gasteiger partial charge in [-0.2, -0.15) is 0 Å². The second-order valence-electron chi connectivity index (χ2n) is 4.50. The highest BCUT2D eigenvalue weighted by molar-refractivity contribution is 5.79. The molecule has 0 bridgehead atoms. The van der Waals surface area contributed by atoms with E-state index in [0.29, 0.717) is 31.1 Å². The summed E-state index contributed by atoms with van der Waals surface area (Å²) in [5.74, 6) is -0.435. The van der Waals surface area contributed by atoms with Gasteiger partial charge in [0, 0.05) is 39.4 Å². The molecule has 0 unspecified atom stereocenters. The summed E-state index contributed by atoms with van der Waals surface area (Å²) >= 11 is 0. The fourth-order valence-corrected chi connectivity index (χ4v) is 1.83. The molecular weight excluding hydrogens is 276 g/mol. The van der Waals surface area contributed by atoms with Crippen molar-refractivity contribution in [2.24, 2.45) is 4.99 Å². The lowest BCUT2D eigenvalue weighted by atomic mass is 10.1. The number of rotatable bonds is 8. The Kier molecular flexibility index (Phi) is 8.35. The highest BCUT2D eigenvalue weighted by atomic mass is 19.1. The van der Waals surface area contributed by atoms with E-state index in [-0.39, 0.29) is 0 Å². The number of ether oxygens (including phenoxy) is 1. The van der Waals surface area contributed by atoms with Gasteiger partial charge in [0.25, 0.3) is 0 Å². The SMILES string of the molecule is CCOCCCNC(=NC)NCCc1cc(F)cc(F)c1. The first-order chi connectivity index (χ1) is 10.2. The molecule has 0 heterocycles. The molecule has 0 saturated carbocycles. The monoisotopic (exact) mass is 299 g/mol. The van der Waals surface area contributed by atoms with Crippen molar-refractivity contribution in [3.05, 3.63) is 35.4 Å². The average molecular weight is 299 g/mol. The zero-order chi connectivity index (χ0) is 15.5. The van der Waals surface area contributed by atoms with Crippen molar-refractivity contribution in [3.8, 4) is 0 Å². The Morgan fingerprint density at radius 1 is 1.14 bits per heavy atom. The lowest BCUT2D eigenvalue weighted by molar-refractivity contribution is 0.145. The van der Waals surface area contributed by atoms with E-state index in [4.69, 9.17) is 4.74 Å². The second-order valence-corrected chi connectivity index (χ2v) is 4.50. The second kappa shape index (κ2) is 10.1. The minimum Gasteiger partial charge on any atom is -0.382 e. The molecular formula is C15H23F2N3O. The van der Waals surface area contributed by atoms with E-state index < -0.39 is 11.6 Å². The Bertz CT molecular complexity index is 432. The Balaban J connectivity index is 2.25. The number of hydrogen-bond acceptors (Lipinski definition) is 2. The lowest BCUT2D eigenvalue weighted by Gasteiger charge is -2.12. The minimum atomic E-state index is -0.552. The Morgan fingerprint density at radius 2 is 1.81 bits per heavy atom. The number of guanidine groups is 1. The first-order valence-electron chi connectivity index (χ1n) is 7.13. The highest BCUT2D eigenvalue weighted by Crippen LogP contribution is 2.07. The van der Waals surface area contributed by atoms with Gasteiger partial charge in [-0.3, -0.25) is 4.99 Å². The van der Waals surface area contributed by atoms with Gasteiger partial charge < -0.3 is 15.4 Å². The minimum absolute atomic E-state index is 0.522. The molecule has 0 aromatic heterocycles. The van der Waals surface area contributed by atoms with E-state index in [1.807, 2.05) is 6.92 Å². The number of nitrogens with one attached hydrogen (secondary N) is 2. The molecule has 2 N–H and O–H groups in total. The van der Waals surface area contributed by atoms with Crippen LogP contribution in [0.25, 0.3) is 0 Å². The molecule has 6 heteroatoms. The van der Waals surface area contributed by atoms with Crippen LogP contribution in [-0.2, 0) is 11.2 Å². The molecule has 1 rings (SSSR count). The quantitative estimate of drug-likeness (QED) is 0.439. The number of aliphatic imine (C=N–C) groups is 1. The predicted octanol–water partition coefficient (Wildman–Crippen LogP) is 2.10. The molecule has 0 aliphatic carbocycles. The maximum atomic E-state index is 13.0. The number of nitrogens with zero attached hydrogens (tertiary/aromatic N) is 1. The van der Waals surface area contributed by atoms with Gasteiger partial charge in [0.1, 0.15) is 11.6 Å². The van der Waals surface area contributed by atoms with Crippen LogP contribution in [-0.4, -0.2) is 39.3 Å². The van der Waals surface area contributed by atoms with E-state index in [0.717, 1.165) is 25.6 Å². The third kappa shape index (κ3) is 7.60. The molecule has 0 radical (unpaired) electrons. The lowest BCUT2D eigenvalue weighted by Crippen LogP contribution is -2.39. The van der Waals surface area contributed by atoms with E-state index in [9.17, 15) is 8.78 Å². The summed E-state index contributed by atoms with van der Waals surface area (Å²) in [5, 5.41) is 6.25. The molecule has 0 fully saturated rings. The highest BCUT2D eigenvalue weighted by Gasteiger charge is 2.01. The van der Waals surface area contributed by atoms with Crippen molar-refractivity contribution >= 4 is 5.96 Å². The maximum Gasteiger partial charge on any atom is 0.190 e. The largest absolute Gasteiger partial charge is 0.382 e. The van der Waals surface area contributed by atoms with Gasteiger partial charge in [-0.25, -0.2) is 8.78 Å². The molecule has 118 valence electrons. The molecule has 1 aromatic rings. The Hall–Kier alpha value is -1.69. The molecule has 0 spiro atoms. The van der Waals surface area contributed by atoms with Crippen LogP contribution < -0.4 is 10.6 Å². The van der Waals surface area contributed by atoms with Gasteiger partial charge in [0.15, 0.2) is 5.96 Å². The maximum absolute atomic E-state index is 13.0. The third-order valence-corrected chi connectivity index (χ3v) is 2.81. The van der Waals surface area contributed by atoms with E-state index >= 15 is 0 Å². The molecule has 0 atom stereocenters. The molecule has 0 amide bonds. The molecule has 0 saturated heterocycles. The Morgan fingerprint density at radius 3 is 2.43 bits per heavy atom. The summed E-state index contributed by atoms with van der Waals surface area (Å²) in [7, 11) is 1.68. The van der Waals surface area contributed by atoms with Crippen LogP contribution in [0.15, 0.2) is 23.2 Å². The molecule has 4 nitrogen and oxygen atoms in total. The van der Waals surface area contributed by atoms with Gasteiger partial charge in [0.05, 0.1) is 0 Å². The van der Waals surface area contributed by atoms with Crippen molar-refractivity contribution in [2.45, 2.75) is 19.8 Å². The first kappa shape index (κ1) is 17.4. The number of benzene rings is 1. The summed E-state index contributed by atoms with van der Waals surface area (Å²) < 4.78 is 31.3. The van der Waals surface area contributed by atoms with Crippen molar-refractivity contribution in [1.82, 2.24) is 10.6 Å². The van der Waals surface area contributed by atoms with Crippen LogP contribution in [0.5, 0.6) is 0 Å². The predicted molar refractivity (Wildman–Crippen MR) is 80.5 cm³/mol. The van der Waals surface area contributed by atoms with Gasteiger partial charge in [0.2, 0.25) is 0 Å². The van der Waals surface area contributed by atoms with Crippen molar-refractivity contribution in [3.63, 3.8) is 0 Å². The van der Waals surface area contributed by atoms with Crippen molar-refractivity contribution in [2.75, 3.05) is 33.4 Å². The van der Waals surface area contributed by atoms with Gasteiger partial charge in [-0.1, -0.05) is 0 Å². The van der Waals surface area contributed by atoms with Crippen LogP contribution in [0.2, 0.25) is 0 Å². The Labute approximate surface area is 124 Å². The molecule has 21 heavy (non-hydrogen) atoms. The first-order valence-corrected chi connectivity index (χ1v) is 7.13. The zero-order valence-electron chi connectivity index (χ0n) is 12.6. The molecule has 0 aliphatic heterocycles. The van der Waals surface area contributed by atoms with Crippen LogP contribution in [0.1, 0.15) is 18.9 Å². The standard InChI is InChI=1S/C15H23F2N3O/c1-3-21-8-4-6-19-15(18-2)20-7-5-12-9-13(16)11-14(17)10-12/h9-11H,3-8H2,1-2H3,(H2,18,19,20). The van der Waals surface area contributed by atoms with Crippen molar-refractivity contribution in [1.29, 1.82) is 0 Å². The van der Waals surface area contributed by atoms with Crippen LogP contribution >= 0.6 is 0 Å². The number of halogens is 2. The summed E-state index contributed by atoms with van der Waals surface area (Å²) in [5.41, 5.74) is 0.617. The summed E-state index contributed by atoms with van der Waals surface area (Å²) in [4.78, 5) is 4.08. The van der Waals surface area contributed by atoms with Crippen LogP contribution in [0.4, 0.5) is 8.78 Å². The fourth-order valence-electron chi connectivity index (χ4n) is 1.83. The zero-order valence-corrected chi connectivity index (χ0v) is 12.6. The van der Waals surface area contributed by atoms with Crippen LogP contribution in [0, 0.1) is 11.6 Å². The van der Waals surface area contributed by atoms with E-state index in [1.165, 1.54) is 12.1 Å². The van der Waals surface area contributed by atoms with E-state index in [2.05, 4.69) is 15.6 Å². The third-order valence-electron chi connectivity index (χ3n) is 2.81.